The highest BCUT2D eigenvalue weighted by Gasteiger charge is 2.47. The molecule has 0 aromatic carbocycles. The molecule has 9 atom stereocenters. The summed E-state index contributed by atoms with van der Waals surface area (Å²) in [5.41, 5.74) is 19.5. The van der Waals surface area contributed by atoms with Crippen molar-refractivity contribution in [1.82, 2.24) is 20.1 Å². The molecule has 0 bridgehead atoms. The summed E-state index contributed by atoms with van der Waals surface area (Å²) < 4.78 is 2.62. The zero-order valence-corrected chi connectivity index (χ0v) is 37.5. The highest BCUT2D eigenvalue weighted by molar-refractivity contribution is 5.75. The summed E-state index contributed by atoms with van der Waals surface area (Å²) in [6.45, 7) is 0. The molecule has 2 aliphatic heterocycles. The average molecular weight is 841 g/mol. The van der Waals surface area contributed by atoms with Crippen LogP contribution in [0.25, 0.3) is 17.8 Å². The maximum atomic E-state index is 4.20. The minimum atomic E-state index is 0.193. The van der Waals surface area contributed by atoms with Crippen molar-refractivity contribution in [1.29, 1.82) is 0 Å². The Kier molecular flexibility index (Phi) is 9.94. The fraction of sp³-hybridized carbons (Fsp3) is 0.400. The molecule has 2 fully saturated rings. The van der Waals surface area contributed by atoms with Gasteiger partial charge in [-0.3, -0.25) is 5.32 Å². The van der Waals surface area contributed by atoms with Gasteiger partial charge in [-0.1, -0.05) is 121 Å². The van der Waals surface area contributed by atoms with Gasteiger partial charge in [0, 0.05) is 52.3 Å². The van der Waals surface area contributed by atoms with Crippen LogP contribution in [0.1, 0.15) is 106 Å². The molecule has 12 aliphatic rings. The molecular weight excluding hydrogens is 777 g/mol. The van der Waals surface area contributed by atoms with Gasteiger partial charge in [0.15, 0.2) is 0 Å². The van der Waals surface area contributed by atoms with E-state index in [1.54, 1.807) is 22.3 Å². The molecule has 2 saturated heterocycles. The predicted molar refractivity (Wildman–Crippen MR) is 265 cm³/mol. The second kappa shape index (κ2) is 16.3. The van der Waals surface area contributed by atoms with Crippen molar-refractivity contribution < 1.29 is 0 Å². The Morgan fingerprint density at radius 2 is 1.47 bits per heavy atom. The summed E-state index contributed by atoms with van der Waals surface area (Å²) in [6, 6.07) is 1.33. The molecule has 324 valence electrons. The Hall–Kier alpha value is -5.32. The molecule has 0 amide bonds. The monoisotopic (exact) mass is 841 g/mol. The van der Waals surface area contributed by atoms with E-state index in [0.29, 0.717) is 47.7 Å². The van der Waals surface area contributed by atoms with Gasteiger partial charge in [0.25, 0.3) is 0 Å². The van der Waals surface area contributed by atoms with Crippen molar-refractivity contribution in [2.45, 2.75) is 121 Å². The number of hydrogen-bond donors (Lipinski definition) is 2. The van der Waals surface area contributed by atoms with Crippen LogP contribution in [0.15, 0.2) is 172 Å². The van der Waals surface area contributed by atoms with Crippen LogP contribution in [0.4, 0.5) is 0 Å². The van der Waals surface area contributed by atoms with Crippen LogP contribution in [-0.2, 0) is 12.8 Å². The molecule has 2 N–H and O–H groups in total. The van der Waals surface area contributed by atoms with Crippen LogP contribution in [0.2, 0.25) is 0 Å². The molecule has 0 radical (unpaired) electrons. The number of hydrogen-bond acceptors (Lipinski definition) is 3. The average Bonchev–Trinajstić information content (AvgIpc) is 3.88. The zero-order valence-electron chi connectivity index (χ0n) is 37.5. The largest absolute Gasteiger partial charge is 0.369 e. The van der Waals surface area contributed by atoms with E-state index in [9.17, 15) is 0 Å². The van der Waals surface area contributed by atoms with E-state index in [0.717, 1.165) is 57.8 Å². The number of rotatable bonds is 6. The summed E-state index contributed by atoms with van der Waals surface area (Å²) >= 11 is 0. The van der Waals surface area contributed by atoms with Gasteiger partial charge in [-0.25, -0.2) is 0 Å². The summed E-state index contributed by atoms with van der Waals surface area (Å²) in [5, 5.41) is 8.20. The summed E-state index contributed by atoms with van der Waals surface area (Å²) in [5.74, 6) is 2.53. The third-order valence-corrected chi connectivity index (χ3v) is 17.1. The van der Waals surface area contributed by atoms with Crippen LogP contribution < -0.4 is 10.6 Å². The quantitative estimate of drug-likeness (QED) is 0.280. The van der Waals surface area contributed by atoms with Gasteiger partial charge in [0.2, 0.25) is 0 Å². The molecule has 13 rings (SSSR count). The fourth-order valence-electron chi connectivity index (χ4n) is 13.9. The number of nitrogens with zero attached hydrogens (tertiary/aromatic N) is 2. The molecule has 1 aromatic heterocycles. The van der Waals surface area contributed by atoms with Crippen molar-refractivity contribution in [2.24, 2.45) is 29.6 Å². The standard InChI is InChI=1S/C60H64N4/c1-2-14-47(15-3-1)63-55-20-10-7-16-49(55)52-37-45(30-34-57(52)63)46-31-35-58-53(38-46)50-17-8-11-21-56(50)64(58)48-32-28-42(29-33-48)60-61-54-19-9-6-18-51(54)59(62-60)41-25-22-40(23-26-41)44-27-24-39-12-4-5-13-43(39)36-44/h1-2,5,7,10-11,13-14,16,18-19,21-23,25,28,30-36,41-42,45-46,52,55,57,59-62H,3-4,6,8-9,12,15,17,20,24,26-27,29,37-38H2. The normalized spacial score (nSPS) is 34.2. The Morgan fingerprint density at radius 1 is 0.609 bits per heavy atom. The molecule has 0 spiro atoms. The van der Waals surface area contributed by atoms with Crippen molar-refractivity contribution in [2.75, 3.05) is 0 Å². The molecule has 9 unspecified atom stereocenters. The number of likely N-dealkylation sites (tertiary alicyclic amines) is 1. The van der Waals surface area contributed by atoms with E-state index in [4.69, 9.17) is 0 Å². The first-order valence-electron chi connectivity index (χ1n) is 25.3. The maximum absolute atomic E-state index is 4.20. The third kappa shape index (κ3) is 6.72. The second-order valence-corrected chi connectivity index (χ2v) is 20.6. The molecule has 3 heterocycles. The van der Waals surface area contributed by atoms with Crippen molar-refractivity contribution >= 4 is 17.8 Å². The van der Waals surface area contributed by atoms with Crippen LogP contribution in [0, 0.1) is 29.6 Å². The predicted octanol–water partition coefficient (Wildman–Crippen LogP) is 12.8. The minimum absolute atomic E-state index is 0.193. The molecule has 1 aromatic rings. The van der Waals surface area contributed by atoms with Crippen LogP contribution in [0.3, 0.4) is 0 Å². The summed E-state index contributed by atoms with van der Waals surface area (Å²) in [4.78, 5) is 2.81. The van der Waals surface area contributed by atoms with E-state index in [1.807, 2.05) is 0 Å². The van der Waals surface area contributed by atoms with Gasteiger partial charge in [-0.05, 0) is 171 Å². The molecule has 10 aliphatic carbocycles. The SMILES string of the molecule is C1=CCCC(N2C3CC=CC=C3C3CC(C4C=Cc5c(c6c(n5C5=CCC(C7NC8=CCCC=C8C(C8C=CC(C9=CC%10=C(CCC=C%10)CC9)=CC8)N7)C=C5)C=CCC6)C4)C=CC32)=C1. The maximum Gasteiger partial charge on any atom is 0.0840 e. The third-order valence-electron chi connectivity index (χ3n) is 17.1. The number of allylic oxidation sites excluding steroid dienone is 23. The van der Waals surface area contributed by atoms with E-state index in [-0.39, 0.29) is 6.17 Å². The zero-order chi connectivity index (χ0) is 42.1. The van der Waals surface area contributed by atoms with Crippen LogP contribution in [0.5, 0.6) is 0 Å². The minimum Gasteiger partial charge on any atom is -0.369 e. The van der Waals surface area contributed by atoms with Gasteiger partial charge < -0.3 is 14.8 Å². The first-order valence-corrected chi connectivity index (χ1v) is 25.3. The van der Waals surface area contributed by atoms with Gasteiger partial charge in [-0.2, -0.15) is 0 Å². The van der Waals surface area contributed by atoms with E-state index in [2.05, 4.69) is 160 Å². The topological polar surface area (TPSA) is 32.2 Å². The summed E-state index contributed by atoms with van der Waals surface area (Å²) in [6.07, 6.45) is 74.1. The first kappa shape index (κ1) is 39.1. The summed E-state index contributed by atoms with van der Waals surface area (Å²) in [7, 11) is 0. The Morgan fingerprint density at radius 3 is 2.38 bits per heavy atom. The lowest BCUT2D eigenvalue weighted by atomic mass is 9.72. The highest BCUT2D eigenvalue weighted by atomic mass is 15.2. The number of fused-ring (bicyclic) bond motifs is 7. The molecule has 4 heteroatoms. The van der Waals surface area contributed by atoms with Gasteiger partial charge in [0.1, 0.15) is 0 Å². The molecular formula is C60H64N4. The smallest absolute Gasteiger partial charge is 0.0840 e. The number of aromatic nitrogens is 1. The second-order valence-electron chi connectivity index (χ2n) is 20.6. The van der Waals surface area contributed by atoms with E-state index >= 15 is 0 Å². The van der Waals surface area contributed by atoms with Crippen LogP contribution >= 0.6 is 0 Å². The van der Waals surface area contributed by atoms with E-state index in [1.165, 1.54) is 89.3 Å². The lowest BCUT2D eigenvalue weighted by Crippen LogP contribution is -2.59. The van der Waals surface area contributed by atoms with Gasteiger partial charge in [0.05, 0.1) is 18.2 Å². The Balaban J connectivity index is 0.723. The Bertz CT molecular complexity index is 2660. The van der Waals surface area contributed by atoms with Crippen molar-refractivity contribution in [3.05, 3.63) is 195 Å². The van der Waals surface area contributed by atoms with Gasteiger partial charge >= 0.3 is 0 Å². The lowest BCUT2D eigenvalue weighted by Gasteiger charge is -2.44. The van der Waals surface area contributed by atoms with Gasteiger partial charge in [-0.15, -0.1) is 0 Å². The van der Waals surface area contributed by atoms with Crippen molar-refractivity contribution in [3.8, 4) is 0 Å². The number of nitrogens with one attached hydrogen (secondary N) is 2. The van der Waals surface area contributed by atoms with E-state index < -0.39 is 0 Å². The highest BCUT2D eigenvalue weighted by Crippen LogP contribution is 2.50. The molecule has 4 nitrogen and oxygen atoms in total. The van der Waals surface area contributed by atoms with Crippen LogP contribution in [-0.4, -0.2) is 33.8 Å². The lowest BCUT2D eigenvalue weighted by molar-refractivity contribution is 0.238. The van der Waals surface area contributed by atoms with Crippen molar-refractivity contribution in [3.63, 3.8) is 0 Å². The molecule has 64 heavy (non-hydrogen) atoms. The fourth-order valence-corrected chi connectivity index (χ4v) is 13.9. The molecule has 0 saturated carbocycles. The first-order chi connectivity index (χ1) is 31.7. The Labute approximate surface area is 381 Å².